The summed E-state index contributed by atoms with van der Waals surface area (Å²) < 4.78 is 6.28. The van der Waals surface area contributed by atoms with Gasteiger partial charge < -0.3 is 4.74 Å². The molecule has 0 aliphatic carbocycles. The number of amides is 1. The number of unbranched alkanes of at least 4 members (excludes halogenated alkanes) is 2. The van der Waals surface area contributed by atoms with Crippen LogP contribution in [0.1, 0.15) is 38.0 Å². The number of aromatic nitrogens is 3. The van der Waals surface area contributed by atoms with Crippen molar-refractivity contribution >= 4 is 40.8 Å². The second kappa shape index (κ2) is 10.1. The average molecular weight is 453 g/mol. The minimum atomic E-state index is -0.642. The molecule has 0 unspecified atom stereocenters. The van der Waals surface area contributed by atoms with Crippen LogP contribution in [0, 0.1) is 0 Å². The van der Waals surface area contributed by atoms with Gasteiger partial charge in [0.25, 0.3) is 0 Å². The molecule has 3 heterocycles. The van der Waals surface area contributed by atoms with Crippen LogP contribution in [0.15, 0.2) is 53.0 Å². The van der Waals surface area contributed by atoms with E-state index < -0.39 is 6.23 Å². The minimum Gasteiger partial charge on any atom is -0.448 e. The number of carbonyl (C=O) groups is 1. The molecule has 1 aliphatic rings. The molecular formula is C23H24N4O2S2. The topological polar surface area (TPSA) is 68.2 Å². The van der Waals surface area contributed by atoms with Gasteiger partial charge in [0.1, 0.15) is 0 Å². The van der Waals surface area contributed by atoms with Crippen molar-refractivity contribution in [2.75, 3.05) is 10.7 Å². The summed E-state index contributed by atoms with van der Waals surface area (Å²) in [5.41, 5.74) is 2.06. The quantitative estimate of drug-likeness (QED) is 0.340. The van der Waals surface area contributed by atoms with E-state index in [1.807, 2.05) is 53.9 Å². The van der Waals surface area contributed by atoms with Crippen molar-refractivity contribution in [3.63, 3.8) is 0 Å². The number of para-hydroxylation sites is 1. The van der Waals surface area contributed by atoms with Crippen LogP contribution in [0.25, 0.3) is 17.3 Å². The molecule has 8 heteroatoms. The van der Waals surface area contributed by atoms with E-state index in [2.05, 4.69) is 22.1 Å². The van der Waals surface area contributed by atoms with E-state index in [0.29, 0.717) is 16.7 Å². The second-order valence-corrected chi connectivity index (χ2v) is 9.13. The van der Waals surface area contributed by atoms with Gasteiger partial charge in [0.2, 0.25) is 16.9 Å². The predicted molar refractivity (Wildman–Crippen MR) is 126 cm³/mol. The molecule has 0 spiro atoms. The zero-order chi connectivity index (χ0) is 21.6. The molecule has 0 radical (unpaired) electrons. The molecule has 0 N–H and O–H groups in total. The zero-order valence-electron chi connectivity index (χ0n) is 17.5. The van der Waals surface area contributed by atoms with Crippen LogP contribution in [0.5, 0.6) is 5.88 Å². The van der Waals surface area contributed by atoms with E-state index in [9.17, 15) is 4.79 Å². The molecule has 0 bridgehead atoms. The Morgan fingerprint density at radius 3 is 2.87 bits per heavy atom. The summed E-state index contributed by atoms with van der Waals surface area (Å²) in [4.78, 5) is 20.0. The van der Waals surface area contributed by atoms with Gasteiger partial charge in [-0.25, -0.2) is 0 Å². The summed E-state index contributed by atoms with van der Waals surface area (Å²) in [5, 5.41) is 11.4. The van der Waals surface area contributed by atoms with Crippen LogP contribution in [0.4, 0.5) is 5.69 Å². The SMILES string of the molecule is CCCCCSc1nnc2c(n1)O[C@H](/C=C\c1cccs1)N(C(C)=O)c1ccccc1-2. The van der Waals surface area contributed by atoms with Crippen molar-refractivity contribution < 1.29 is 9.53 Å². The van der Waals surface area contributed by atoms with Crippen LogP contribution < -0.4 is 9.64 Å². The lowest BCUT2D eigenvalue weighted by molar-refractivity contribution is -0.117. The summed E-state index contributed by atoms with van der Waals surface area (Å²) in [5.74, 6) is 1.21. The first-order valence-corrected chi connectivity index (χ1v) is 12.2. The lowest BCUT2D eigenvalue weighted by Crippen LogP contribution is -2.41. The normalized spacial score (nSPS) is 15.3. The van der Waals surface area contributed by atoms with Gasteiger partial charge in [-0.05, 0) is 36.1 Å². The highest BCUT2D eigenvalue weighted by Crippen LogP contribution is 2.39. The third kappa shape index (κ3) is 4.97. The number of fused-ring (bicyclic) bond motifs is 3. The fraction of sp³-hybridized carbons (Fsp3) is 0.304. The lowest BCUT2D eigenvalue weighted by Gasteiger charge is -2.27. The van der Waals surface area contributed by atoms with Gasteiger partial charge in [-0.1, -0.05) is 55.8 Å². The van der Waals surface area contributed by atoms with E-state index in [1.54, 1.807) is 28.0 Å². The van der Waals surface area contributed by atoms with Gasteiger partial charge in [-0.2, -0.15) is 4.98 Å². The summed E-state index contributed by atoms with van der Waals surface area (Å²) in [7, 11) is 0. The maximum absolute atomic E-state index is 12.7. The minimum absolute atomic E-state index is 0.122. The van der Waals surface area contributed by atoms with Gasteiger partial charge in [0, 0.05) is 23.1 Å². The highest BCUT2D eigenvalue weighted by atomic mass is 32.2. The first kappa shape index (κ1) is 21.5. The Morgan fingerprint density at radius 2 is 2.10 bits per heavy atom. The van der Waals surface area contributed by atoms with E-state index in [4.69, 9.17) is 4.74 Å². The Bertz CT molecular complexity index is 1070. The predicted octanol–water partition coefficient (Wildman–Crippen LogP) is 5.67. The molecule has 31 heavy (non-hydrogen) atoms. The molecular weight excluding hydrogens is 428 g/mol. The molecule has 0 saturated heterocycles. The van der Waals surface area contributed by atoms with Crippen molar-refractivity contribution in [2.45, 2.75) is 44.5 Å². The number of benzene rings is 1. The smallest absolute Gasteiger partial charge is 0.247 e. The monoisotopic (exact) mass is 452 g/mol. The first-order valence-electron chi connectivity index (χ1n) is 10.3. The standard InChI is InChI=1S/C23H24N4O2S2/c1-3-4-7-14-31-23-24-22-21(25-26-23)18-10-5-6-11-19(18)27(16(2)28)20(29-22)13-12-17-9-8-15-30-17/h5-6,8-13,15,20H,3-4,7,14H2,1-2H3/b13-12-/t20-/m1/s1. The molecule has 0 fully saturated rings. The Balaban J connectivity index is 1.73. The maximum Gasteiger partial charge on any atom is 0.247 e. The van der Waals surface area contributed by atoms with E-state index >= 15 is 0 Å². The fourth-order valence-corrected chi connectivity index (χ4v) is 4.76. The van der Waals surface area contributed by atoms with E-state index in [-0.39, 0.29) is 5.91 Å². The van der Waals surface area contributed by atoms with Crippen molar-refractivity contribution in [3.8, 4) is 17.1 Å². The Kier molecular flexibility index (Phi) is 6.99. The fourth-order valence-electron chi connectivity index (χ4n) is 3.35. The van der Waals surface area contributed by atoms with Crippen molar-refractivity contribution in [1.29, 1.82) is 0 Å². The van der Waals surface area contributed by atoms with Crippen LogP contribution in [-0.2, 0) is 4.79 Å². The number of anilines is 1. The molecule has 3 aromatic rings. The Hall–Kier alpha value is -2.71. The van der Waals surface area contributed by atoms with Gasteiger partial charge in [-0.15, -0.1) is 21.5 Å². The van der Waals surface area contributed by atoms with Gasteiger partial charge >= 0.3 is 0 Å². The summed E-state index contributed by atoms with van der Waals surface area (Å²) >= 11 is 3.21. The van der Waals surface area contributed by atoms with Crippen LogP contribution >= 0.6 is 23.1 Å². The lowest BCUT2D eigenvalue weighted by atomic mass is 10.1. The second-order valence-electron chi connectivity index (χ2n) is 7.09. The number of carbonyl (C=O) groups excluding carboxylic acids is 1. The van der Waals surface area contributed by atoms with Crippen molar-refractivity contribution in [3.05, 3.63) is 52.7 Å². The molecule has 0 saturated carbocycles. The number of ether oxygens (including phenoxy) is 1. The highest BCUT2D eigenvalue weighted by Gasteiger charge is 2.32. The Labute approximate surface area is 190 Å². The van der Waals surface area contributed by atoms with E-state index in [0.717, 1.165) is 28.3 Å². The third-order valence-electron chi connectivity index (χ3n) is 4.83. The number of hydrogen-bond acceptors (Lipinski definition) is 7. The molecule has 1 aromatic carbocycles. The highest BCUT2D eigenvalue weighted by molar-refractivity contribution is 7.99. The average Bonchev–Trinajstić information content (AvgIpc) is 3.24. The van der Waals surface area contributed by atoms with Crippen LogP contribution in [0.3, 0.4) is 0 Å². The maximum atomic E-state index is 12.7. The zero-order valence-corrected chi connectivity index (χ0v) is 19.2. The number of nitrogens with zero attached hydrogens (tertiary/aromatic N) is 4. The van der Waals surface area contributed by atoms with Gasteiger partial charge in [0.15, 0.2) is 11.9 Å². The summed E-state index contributed by atoms with van der Waals surface area (Å²) in [6.07, 6.45) is 6.66. The molecule has 2 aromatic heterocycles. The van der Waals surface area contributed by atoms with Gasteiger partial charge in [0.05, 0.1) is 5.69 Å². The number of thioether (sulfide) groups is 1. The number of thiophene rings is 1. The molecule has 1 atom stereocenters. The molecule has 1 amide bonds. The summed E-state index contributed by atoms with van der Waals surface area (Å²) in [6.45, 7) is 3.72. The molecule has 4 rings (SSSR count). The molecule has 160 valence electrons. The first-order chi connectivity index (χ1) is 15.2. The summed E-state index contributed by atoms with van der Waals surface area (Å²) in [6, 6.07) is 11.6. The van der Waals surface area contributed by atoms with Gasteiger partial charge in [-0.3, -0.25) is 9.69 Å². The van der Waals surface area contributed by atoms with Crippen molar-refractivity contribution in [2.24, 2.45) is 0 Å². The van der Waals surface area contributed by atoms with E-state index in [1.165, 1.54) is 19.8 Å². The van der Waals surface area contributed by atoms with Crippen LogP contribution in [-0.4, -0.2) is 33.1 Å². The Morgan fingerprint density at radius 1 is 1.23 bits per heavy atom. The number of hydrogen-bond donors (Lipinski definition) is 0. The molecule has 1 aliphatic heterocycles. The van der Waals surface area contributed by atoms with Crippen molar-refractivity contribution in [1.82, 2.24) is 15.2 Å². The largest absolute Gasteiger partial charge is 0.448 e. The number of rotatable bonds is 7. The molecule has 6 nitrogen and oxygen atoms in total. The van der Waals surface area contributed by atoms with Crippen LogP contribution in [0.2, 0.25) is 0 Å². The third-order valence-corrected chi connectivity index (χ3v) is 6.59.